The van der Waals surface area contributed by atoms with E-state index in [9.17, 15) is 14.4 Å². The number of rotatable bonds is 12. The number of ether oxygens (including phenoxy) is 3. The lowest BCUT2D eigenvalue weighted by Crippen LogP contribution is -2.30. The molecule has 0 heterocycles. The van der Waals surface area contributed by atoms with Crippen molar-refractivity contribution < 1.29 is 28.6 Å². The maximum absolute atomic E-state index is 13.4. The molecule has 0 aliphatic heterocycles. The maximum Gasteiger partial charge on any atom is 0.272 e. The fourth-order valence-electron chi connectivity index (χ4n) is 4.47. The van der Waals surface area contributed by atoms with Crippen LogP contribution in [0, 0.1) is 0 Å². The van der Waals surface area contributed by atoms with Crippen LogP contribution >= 0.6 is 0 Å². The van der Waals surface area contributed by atoms with Crippen LogP contribution < -0.4 is 24.8 Å². The lowest BCUT2D eigenvalue weighted by molar-refractivity contribution is -0.113. The van der Waals surface area contributed by atoms with E-state index in [1.807, 2.05) is 30.3 Å². The van der Waals surface area contributed by atoms with Crippen molar-refractivity contribution in [2.75, 3.05) is 26.6 Å². The van der Waals surface area contributed by atoms with Crippen LogP contribution in [0.5, 0.6) is 17.2 Å². The Hall–Kier alpha value is -5.63. The molecule has 0 radical (unpaired) electrons. The predicted molar refractivity (Wildman–Crippen MR) is 177 cm³/mol. The maximum atomic E-state index is 13.4. The lowest BCUT2D eigenvalue weighted by atomic mass is 10.0. The zero-order chi connectivity index (χ0) is 32.3. The fourth-order valence-corrected chi connectivity index (χ4v) is 4.47. The molecule has 0 bridgehead atoms. The number of anilines is 1. The number of amides is 2. The van der Waals surface area contributed by atoms with Crippen LogP contribution in [0.3, 0.4) is 0 Å². The molecule has 4 rings (SSSR count). The number of carbonyl (C=O) groups excluding carboxylic acids is 3. The normalized spacial score (nSPS) is 11.3. The Morgan fingerprint density at radius 3 is 1.89 bits per heavy atom. The first-order chi connectivity index (χ1) is 21.7. The molecule has 2 amide bonds. The monoisotopic (exact) mass is 604 g/mol. The molecule has 0 fully saturated rings. The minimum atomic E-state index is -0.506. The Balaban J connectivity index is 1.50. The highest BCUT2D eigenvalue weighted by Crippen LogP contribution is 2.38. The molecule has 4 aromatic rings. The Morgan fingerprint density at radius 1 is 0.711 bits per heavy atom. The van der Waals surface area contributed by atoms with Gasteiger partial charge in [0.1, 0.15) is 5.70 Å². The predicted octanol–water partition coefficient (Wildman–Crippen LogP) is 7.14. The molecule has 0 saturated carbocycles. The van der Waals surface area contributed by atoms with Crippen LogP contribution in [0.1, 0.15) is 57.2 Å². The van der Waals surface area contributed by atoms with Gasteiger partial charge in [0.25, 0.3) is 11.8 Å². The molecule has 0 spiro atoms. The van der Waals surface area contributed by atoms with Gasteiger partial charge in [0.2, 0.25) is 5.75 Å². The highest BCUT2D eigenvalue weighted by atomic mass is 16.5. The van der Waals surface area contributed by atoms with Crippen molar-refractivity contribution in [3.8, 4) is 17.2 Å². The number of nitrogens with one attached hydrogen (secondary N) is 2. The van der Waals surface area contributed by atoms with Crippen molar-refractivity contribution in [1.82, 2.24) is 5.32 Å². The summed E-state index contributed by atoms with van der Waals surface area (Å²) in [7, 11) is 4.57. The van der Waals surface area contributed by atoms with E-state index in [0.717, 1.165) is 5.56 Å². The third kappa shape index (κ3) is 8.48. The van der Waals surface area contributed by atoms with E-state index in [2.05, 4.69) is 24.5 Å². The number of ketones is 1. The van der Waals surface area contributed by atoms with Crippen molar-refractivity contribution in [1.29, 1.82) is 0 Å². The molecule has 8 nitrogen and oxygen atoms in total. The van der Waals surface area contributed by atoms with E-state index >= 15 is 0 Å². The molecule has 0 atom stereocenters. The highest BCUT2D eigenvalue weighted by Gasteiger charge is 2.16. The number of methoxy groups -OCH3 is 3. The Morgan fingerprint density at radius 2 is 1.33 bits per heavy atom. The van der Waals surface area contributed by atoms with Crippen molar-refractivity contribution >= 4 is 35.4 Å². The zero-order valence-corrected chi connectivity index (χ0v) is 25.9. The van der Waals surface area contributed by atoms with E-state index in [1.54, 1.807) is 72.8 Å². The molecular weight excluding hydrogens is 568 g/mol. The molecular formula is C37H36N2O6. The van der Waals surface area contributed by atoms with Crippen LogP contribution in [-0.4, -0.2) is 38.9 Å². The second kappa shape index (κ2) is 15.2. The Labute approximate surface area is 263 Å². The molecule has 0 aliphatic rings. The number of allylic oxidation sites excluding steroid dienone is 1. The molecule has 0 aromatic heterocycles. The summed E-state index contributed by atoms with van der Waals surface area (Å²) >= 11 is 0. The van der Waals surface area contributed by atoms with E-state index in [4.69, 9.17) is 14.2 Å². The third-order valence-corrected chi connectivity index (χ3v) is 6.98. The van der Waals surface area contributed by atoms with E-state index in [1.165, 1.54) is 33.0 Å². The molecule has 45 heavy (non-hydrogen) atoms. The molecule has 2 N–H and O–H groups in total. The molecule has 0 saturated heterocycles. The van der Waals surface area contributed by atoms with Gasteiger partial charge in [-0.15, -0.1) is 0 Å². The van der Waals surface area contributed by atoms with Gasteiger partial charge in [0.15, 0.2) is 17.3 Å². The SMILES string of the molecule is COc1cc(/C=C/C(=O)c2ccc(NC(=O)/C(=C/c3ccc(C(C)C)cc3)NC(=O)c3ccccc3)cc2)cc(OC)c1OC. The average Bonchev–Trinajstić information content (AvgIpc) is 3.07. The van der Waals surface area contributed by atoms with Crippen molar-refractivity contribution in [3.63, 3.8) is 0 Å². The van der Waals surface area contributed by atoms with Crippen molar-refractivity contribution in [3.05, 3.63) is 131 Å². The van der Waals surface area contributed by atoms with E-state index in [0.29, 0.717) is 45.5 Å². The van der Waals surface area contributed by atoms with Crippen molar-refractivity contribution in [2.45, 2.75) is 19.8 Å². The summed E-state index contributed by atoms with van der Waals surface area (Å²) in [5.41, 5.74) is 4.01. The fraction of sp³-hybridized carbons (Fsp3) is 0.162. The minimum Gasteiger partial charge on any atom is -0.493 e. The first-order valence-electron chi connectivity index (χ1n) is 14.3. The summed E-state index contributed by atoms with van der Waals surface area (Å²) in [5.74, 6) is 0.632. The summed E-state index contributed by atoms with van der Waals surface area (Å²) in [6, 6.07) is 26.5. The van der Waals surface area contributed by atoms with Gasteiger partial charge in [0.05, 0.1) is 21.3 Å². The smallest absolute Gasteiger partial charge is 0.272 e. The number of carbonyl (C=O) groups is 3. The quantitative estimate of drug-likeness (QED) is 0.132. The highest BCUT2D eigenvalue weighted by molar-refractivity contribution is 6.11. The molecule has 8 heteroatoms. The molecule has 0 aliphatic carbocycles. The van der Waals surface area contributed by atoms with Crippen LogP contribution in [0.2, 0.25) is 0 Å². The summed E-state index contributed by atoms with van der Waals surface area (Å²) in [4.78, 5) is 39.2. The first kappa shape index (κ1) is 32.3. The van der Waals surface area contributed by atoms with Gasteiger partial charge >= 0.3 is 0 Å². The van der Waals surface area contributed by atoms with Gasteiger partial charge in [0, 0.05) is 16.8 Å². The standard InChI is InChI=1S/C37H36N2O6/c1-24(2)27-14-11-25(12-15-27)21-31(39-36(41)29-9-7-6-8-10-29)37(42)38-30-18-16-28(17-19-30)32(40)20-13-26-22-33(43-3)35(45-5)34(23-26)44-4/h6-24H,1-5H3,(H,38,42)(H,39,41)/b20-13+,31-21-. The van der Waals surface area contributed by atoms with Gasteiger partial charge in [-0.2, -0.15) is 0 Å². The van der Waals surface area contributed by atoms with Crippen LogP contribution in [0.25, 0.3) is 12.2 Å². The van der Waals surface area contributed by atoms with Crippen LogP contribution in [0.4, 0.5) is 5.69 Å². The third-order valence-electron chi connectivity index (χ3n) is 6.98. The second-order valence-corrected chi connectivity index (χ2v) is 10.4. The Kier molecular flexibility index (Phi) is 10.9. The molecule has 4 aromatic carbocycles. The minimum absolute atomic E-state index is 0.0783. The van der Waals surface area contributed by atoms with Gasteiger partial charge in [-0.1, -0.05) is 62.4 Å². The van der Waals surface area contributed by atoms with Gasteiger partial charge in [-0.3, -0.25) is 14.4 Å². The molecule has 0 unspecified atom stereocenters. The summed E-state index contributed by atoms with van der Waals surface area (Å²) in [6.07, 6.45) is 4.73. The largest absolute Gasteiger partial charge is 0.493 e. The second-order valence-electron chi connectivity index (χ2n) is 10.4. The summed E-state index contributed by atoms with van der Waals surface area (Å²) in [5, 5.41) is 5.56. The van der Waals surface area contributed by atoms with Gasteiger partial charge < -0.3 is 24.8 Å². The van der Waals surface area contributed by atoms with E-state index in [-0.39, 0.29) is 11.5 Å². The van der Waals surface area contributed by atoms with Crippen LogP contribution in [0.15, 0.2) is 103 Å². The van der Waals surface area contributed by atoms with E-state index < -0.39 is 11.8 Å². The van der Waals surface area contributed by atoms with Gasteiger partial charge in [-0.25, -0.2) is 0 Å². The number of benzene rings is 4. The average molecular weight is 605 g/mol. The first-order valence-corrected chi connectivity index (χ1v) is 14.3. The summed E-state index contributed by atoms with van der Waals surface area (Å²) in [6.45, 7) is 4.21. The zero-order valence-electron chi connectivity index (χ0n) is 25.9. The Bertz CT molecular complexity index is 1680. The van der Waals surface area contributed by atoms with Crippen LogP contribution in [-0.2, 0) is 4.79 Å². The lowest BCUT2D eigenvalue weighted by Gasteiger charge is -2.13. The summed E-state index contributed by atoms with van der Waals surface area (Å²) < 4.78 is 16.1. The van der Waals surface area contributed by atoms with Gasteiger partial charge in [-0.05, 0) is 83.3 Å². The molecule has 230 valence electrons. The number of hydrogen-bond acceptors (Lipinski definition) is 6. The van der Waals surface area contributed by atoms with Crippen molar-refractivity contribution in [2.24, 2.45) is 0 Å². The number of hydrogen-bond donors (Lipinski definition) is 2. The topological polar surface area (TPSA) is 103 Å².